The number of hydrogen-bond acceptors (Lipinski definition) is 1. The van der Waals surface area contributed by atoms with E-state index in [4.69, 9.17) is 0 Å². The molecular weight excluding hydrogens is 222 g/mol. The van der Waals surface area contributed by atoms with Crippen LogP contribution in [0, 0.1) is 10.8 Å². The summed E-state index contributed by atoms with van der Waals surface area (Å²) in [6.07, 6.45) is 2.70. The number of carbonyl (C=O) groups excluding carboxylic acids is 1. The molecule has 2 nitrogen and oxygen atoms in total. The van der Waals surface area contributed by atoms with E-state index in [1.807, 2.05) is 6.92 Å². The minimum Gasteiger partial charge on any atom is -0.339 e. The highest BCUT2D eigenvalue weighted by atomic mass is 16.2. The standard InChI is InChI=1S/C16H33NO/c1-9-11-17(14(18)10-2)13(16(6,7)8)12-15(3,4)5/h13H,9-12H2,1-8H3. The third-order valence-corrected chi connectivity index (χ3v) is 3.27. The van der Waals surface area contributed by atoms with Crippen LogP contribution in [-0.4, -0.2) is 23.4 Å². The third-order valence-electron chi connectivity index (χ3n) is 3.27. The predicted molar refractivity (Wildman–Crippen MR) is 79.6 cm³/mol. The van der Waals surface area contributed by atoms with Gasteiger partial charge in [0.05, 0.1) is 0 Å². The van der Waals surface area contributed by atoms with Crippen LogP contribution in [0.4, 0.5) is 0 Å². The van der Waals surface area contributed by atoms with E-state index >= 15 is 0 Å². The molecule has 0 spiro atoms. The average molecular weight is 255 g/mol. The van der Waals surface area contributed by atoms with Crippen molar-refractivity contribution in [2.45, 2.75) is 80.7 Å². The average Bonchev–Trinajstić information content (AvgIpc) is 2.19. The highest BCUT2D eigenvalue weighted by Gasteiger charge is 2.35. The third kappa shape index (κ3) is 5.88. The van der Waals surface area contributed by atoms with Gasteiger partial charge in [0, 0.05) is 19.0 Å². The Kier molecular flexibility index (Phi) is 6.39. The van der Waals surface area contributed by atoms with E-state index in [1.165, 1.54) is 0 Å². The highest BCUT2D eigenvalue weighted by molar-refractivity contribution is 5.76. The zero-order valence-electron chi connectivity index (χ0n) is 13.8. The van der Waals surface area contributed by atoms with Gasteiger partial charge in [-0.25, -0.2) is 0 Å². The normalized spacial score (nSPS) is 14.4. The summed E-state index contributed by atoms with van der Waals surface area (Å²) in [6, 6.07) is 0.324. The molecule has 108 valence electrons. The van der Waals surface area contributed by atoms with Crippen LogP contribution in [0.5, 0.6) is 0 Å². The van der Waals surface area contributed by atoms with E-state index in [0.717, 1.165) is 19.4 Å². The lowest BCUT2D eigenvalue weighted by atomic mass is 9.76. The Bertz CT molecular complexity index is 257. The Balaban J connectivity index is 5.17. The molecule has 0 aromatic rings. The molecule has 0 radical (unpaired) electrons. The van der Waals surface area contributed by atoms with E-state index in [9.17, 15) is 4.79 Å². The zero-order valence-corrected chi connectivity index (χ0v) is 13.8. The van der Waals surface area contributed by atoms with E-state index in [-0.39, 0.29) is 10.8 Å². The maximum Gasteiger partial charge on any atom is 0.222 e. The van der Waals surface area contributed by atoms with Crippen LogP contribution >= 0.6 is 0 Å². The molecule has 0 aromatic heterocycles. The van der Waals surface area contributed by atoms with Crippen molar-refractivity contribution >= 4 is 5.91 Å². The Labute approximate surface area is 114 Å². The summed E-state index contributed by atoms with van der Waals surface area (Å²) in [6.45, 7) is 18.5. The van der Waals surface area contributed by atoms with Crippen LogP contribution in [0.15, 0.2) is 0 Å². The van der Waals surface area contributed by atoms with Gasteiger partial charge in [-0.2, -0.15) is 0 Å². The molecule has 0 aliphatic heterocycles. The predicted octanol–water partition coefficient (Wildman–Crippen LogP) is 4.49. The first-order valence-corrected chi connectivity index (χ1v) is 7.32. The van der Waals surface area contributed by atoms with Crippen molar-refractivity contribution in [1.29, 1.82) is 0 Å². The summed E-state index contributed by atoms with van der Waals surface area (Å²) in [5.74, 6) is 0.293. The molecule has 0 saturated carbocycles. The Morgan fingerprint density at radius 1 is 1.06 bits per heavy atom. The molecule has 0 N–H and O–H groups in total. The molecule has 0 aromatic carbocycles. The number of rotatable bonds is 5. The summed E-state index contributed by atoms with van der Waals surface area (Å²) in [7, 11) is 0. The van der Waals surface area contributed by atoms with Gasteiger partial charge < -0.3 is 4.90 Å². The second kappa shape index (κ2) is 6.58. The van der Waals surface area contributed by atoms with Crippen molar-refractivity contribution in [3.63, 3.8) is 0 Å². The molecule has 0 bridgehead atoms. The van der Waals surface area contributed by atoms with Crippen LogP contribution < -0.4 is 0 Å². The second-order valence-corrected chi connectivity index (χ2v) is 7.59. The lowest BCUT2D eigenvalue weighted by molar-refractivity contribution is -0.136. The molecule has 1 amide bonds. The first-order valence-electron chi connectivity index (χ1n) is 7.32. The molecule has 0 fully saturated rings. The number of amides is 1. The quantitative estimate of drug-likeness (QED) is 0.709. The van der Waals surface area contributed by atoms with Gasteiger partial charge in [0.2, 0.25) is 5.91 Å². The molecule has 0 aliphatic carbocycles. The van der Waals surface area contributed by atoms with Gasteiger partial charge in [-0.05, 0) is 23.7 Å². The van der Waals surface area contributed by atoms with Crippen molar-refractivity contribution in [3.05, 3.63) is 0 Å². The first kappa shape index (κ1) is 17.5. The van der Waals surface area contributed by atoms with Crippen LogP contribution in [0.2, 0.25) is 0 Å². The van der Waals surface area contributed by atoms with E-state index < -0.39 is 0 Å². The Morgan fingerprint density at radius 3 is 1.83 bits per heavy atom. The van der Waals surface area contributed by atoms with Crippen LogP contribution in [-0.2, 0) is 4.79 Å². The maximum atomic E-state index is 12.2. The monoisotopic (exact) mass is 255 g/mol. The van der Waals surface area contributed by atoms with E-state index in [1.54, 1.807) is 0 Å². The maximum absolute atomic E-state index is 12.2. The van der Waals surface area contributed by atoms with Crippen LogP contribution in [0.25, 0.3) is 0 Å². The summed E-state index contributed by atoms with van der Waals surface area (Å²) in [5.41, 5.74) is 0.380. The SMILES string of the molecule is CCCN(C(=O)CC)C(CC(C)(C)C)C(C)(C)C. The molecule has 0 aliphatic rings. The fourth-order valence-electron chi connectivity index (χ4n) is 2.36. The molecule has 0 rings (SSSR count). The molecule has 1 atom stereocenters. The molecule has 18 heavy (non-hydrogen) atoms. The largest absolute Gasteiger partial charge is 0.339 e. The van der Waals surface area contributed by atoms with Gasteiger partial charge in [0.25, 0.3) is 0 Å². The highest BCUT2D eigenvalue weighted by Crippen LogP contribution is 2.34. The van der Waals surface area contributed by atoms with Crippen LogP contribution in [0.1, 0.15) is 74.7 Å². The first-order chi connectivity index (χ1) is 8.03. The number of carbonyl (C=O) groups is 1. The van der Waals surface area contributed by atoms with E-state index in [0.29, 0.717) is 18.4 Å². The van der Waals surface area contributed by atoms with Crippen molar-refractivity contribution in [3.8, 4) is 0 Å². The summed E-state index contributed by atoms with van der Waals surface area (Å²) < 4.78 is 0. The molecular formula is C16H33NO. The number of nitrogens with zero attached hydrogens (tertiary/aromatic N) is 1. The minimum absolute atomic E-state index is 0.132. The van der Waals surface area contributed by atoms with Crippen molar-refractivity contribution in [1.82, 2.24) is 4.90 Å². The van der Waals surface area contributed by atoms with Crippen molar-refractivity contribution in [2.24, 2.45) is 10.8 Å². The van der Waals surface area contributed by atoms with E-state index in [2.05, 4.69) is 53.4 Å². The second-order valence-electron chi connectivity index (χ2n) is 7.59. The van der Waals surface area contributed by atoms with Crippen molar-refractivity contribution in [2.75, 3.05) is 6.54 Å². The van der Waals surface area contributed by atoms with Gasteiger partial charge in [-0.15, -0.1) is 0 Å². The van der Waals surface area contributed by atoms with Gasteiger partial charge in [-0.3, -0.25) is 4.79 Å². The number of hydrogen-bond donors (Lipinski definition) is 0. The smallest absolute Gasteiger partial charge is 0.222 e. The van der Waals surface area contributed by atoms with Crippen LogP contribution in [0.3, 0.4) is 0 Å². The molecule has 2 heteroatoms. The van der Waals surface area contributed by atoms with Gasteiger partial charge in [0.15, 0.2) is 0 Å². The molecule has 0 saturated heterocycles. The summed E-state index contributed by atoms with van der Waals surface area (Å²) in [4.78, 5) is 14.3. The lowest BCUT2D eigenvalue weighted by Gasteiger charge is -2.43. The fraction of sp³-hybridized carbons (Fsp3) is 0.938. The lowest BCUT2D eigenvalue weighted by Crippen LogP contribution is -2.49. The Hall–Kier alpha value is -0.530. The summed E-state index contributed by atoms with van der Waals surface area (Å²) >= 11 is 0. The fourth-order valence-corrected chi connectivity index (χ4v) is 2.36. The Morgan fingerprint density at radius 2 is 1.56 bits per heavy atom. The van der Waals surface area contributed by atoms with Gasteiger partial charge >= 0.3 is 0 Å². The molecule has 1 unspecified atom stereocenters. The van der Waals surface area contributed by atoms with Gasteiger partial charge in [0.1, 0.15) is 0 Å². The molecule has 0 heterocycles. The van der Waals surface area contributed by atoms with Gasteiger partial charge in [-0.1, -0.05) is 55.4 Å². The van der Waals surface area contributed by atoms with Crippen molar-refractivity contribution < 1.29 is 4.79 Å². The topological polar surface area (TPSA) is 20.3 Å². The zero-order chi connectivity index (χ0) is 14.6. The summed E-state index contributed by atoms with van der Waals surface area (Å²) in [5, 5.41) is 0. The minimum atomic E-state index is 0.132.